The fourth-order valence-corrected chi connectivity index (χ4v) is 2.16. The predicted octanol–water partition coefficient (Wildman–Crippen LogP) is 4.93. The maximum Gasteiger partial charge on any atom is 0.135 e. The SMILES string of the molecule is Cc1ccc(Nc2cc(Nc3ccccc3)ncn2)cc1Cl. The molecule has 2 N–H and O–H groups in total. The van der Waals surface area contributed by atoms with Crippen molar-refractivity contribution in [3.63, 3.8) is 0 Å². The summed E-state index contributed by atoms with van der Waals surface area (Å²) in [5, 5.41) is 7.18. The first kappa shape index (κ1) is 14.4. The van der Waals surface area contributed by atoms with Crippen LogP contribution < -0.4 is 10.6 Å². The van der Waals surface area contributed by atoms with Gasteiger partial charge in [0.15, 0.2) is 0 Å². The van der Waals surface area contributed by atoms with Gasteiger partial charge in [0.25, 0.3) is 0 Å². The highest BCUT2D eigenvalue weighted by Crippen LogP contribution is 2.23. The molecule has 0 saturated heterocycles. The second-order valence-corrected chi connectivity index (χ2v) is 5.28. The van der Waals surface area contributed by atoms with Gasteiger partial charge in [-0.2, -0.15) is 0 Å². The van der Waals surface area contributed by atoms with Crippen molar-refractivity contribution < 1.29 is 0 Å². The van der Waals surface area contributed by atoms with E-state index in [9.17, 15) is 0 Å². The molecule has 0 amide bonds. The topological polar surface area (TPSA) is 49.8 Å². The van der Waals surface area contributed by atoms with E-state index in [2.05, 4.69) is 20.6 Å². The van der Waals surface area contributed by atoms with Gasteiger partial charge in [-0.3, -0.25) is 0 Å². The van der Waals surface area contributed by atoms with Crippen LogP contribution in [-0.2, 0) is 0 Å². The predicted molar refractivity (Wildman–Crippen MR) is 91.2 cm³/mol. The third-order valence-corrected chi connectivity index (χ3v) is 3.56. The molecular formula is C17H15ClN4. The van der Waals surface area contributed by atoms with Crippen LogP contribution in [0.3, 0.4) is 0 Å². The van der Waals surface area contributed by atoms with E-state index in [-0.39, 0.29) is 0 Å². The zero-order valence-corrected chi connectivity index (χ0v) is 12.8. The molecule has 0 unspecified atom stereocenters. The lowest BCUT2D eigenvalue weighted by Crippen LogP contribution is -1.98. The zero-order valence-electron chi connectivity index (χ0n) is 12.0. The molecule has 0 saturated carbocycles. The number of nitrogens with zero attached hydrogens (tertiary/aromatic N) is 2. The number of aryl methyl sites for hydroxylation is 1. The van der Waals surface area contributed by atoms with Crippen molar-refractivity contribution in [2.45, 2.75) is 6.92 Å². The summed E-state index contributed by atoms with van der Waals surface area (Å²) in [4.78, 5) is 8.44. The number of nitrogens with one attached hydrogen (secondary N) is 2. The Morgan fingerprint density at radius 3 is 2.18 bits per heavy atom. The first-order valence-corrected chi connectivity index (χ1v) is 7.26. The highest BCUT2D eigenvalue weighted by atomic mass is 35.5. The van der Waals surface area contributed by atoms with Crippen molar-refractivity contribution in [3.8, 4) is 0 Å². The van der Waals surface area contributed by atoms with Crippen LogP contribution in [0.5, 0.6) is 0 Å². The Hall–Kier alpha value is -2.59. The Morgan fingerprint density at radius 1 is 0.818 bits per heavy atom. The minimum absolute atomic E-state index is 0.702. The van der Waals surface area contributed by atoms with E-state index in [1.54, 1.807) is 0 Å². The van der Waals surface area contributed by atoms with Crippen LogP contribution in [0.2, 0.25) is 5.02 Å². The summed E-state index contributed by atoms with van der Waals surface area (Å²) >= 11 is 6.13. The molecule has 0 spiro atoms. The van der Waals surface area contributed by atoms with Gasteiger partial charge in [-0.15, -0.1) is 0 Å². The Labute approximate surface area is 134 Å². The van der Waals surface area contributed by atoms with Crippen LogP contribution in [0.1, 0.15) is 5.56 Å². The van der Waals surface area contributed by atoms with Crippen molar-refractivity contribution in [3.05, 3.63) is 71.5 Å². The van der Waals surface area contributed by atoms with Gasteiger partial charge in [0.1, 0.15) is 18.0 Å². The lowest BCUT2D eigenvalue weighted by Gasteiger charge is -2.09. The van der Waals surface area contributed by atoms with Crippen molar-refractivity contribution >= 4 is 34.6 Å². The molecule has 0 fully saturated rings. The quantitative estimate of drug-likeness (QED) is 0.717. The van der Waals surface area contributed by atoms with Crippen LogP contribution in [0.4, 0.5) is 23.0 Å². The molecular weight excluding hydrogens is 296 g/mol. The number of hydrogen-bond acceptors (Lipinski definition) is 4. The standard InChI is InChI=1S/C17H15ClN4/c1-12-7-8-14(9-15(12)18)22-17-10-16(19-11-20-17)21-13-5-3-2-4-6-13/h2-11H,1H3,(H2,19,20,21,22). The molecule has 0 radical (unpaired) electrons. The molecule has 0 aliphatic carbocycles. The third kappa shape index (κ3) is 3.54. The van der Waals surface area contributed by atoms with Crippen LogP contribution in [0.25, 0.3) is 0 Å². The molecule has 3 aromatic rings. The molecule has 1 aromatic heterocycles. The first-order chi connectivity index (χ1) is 10.7. The summed E-state index contributed by atoms with van der Waals surface area (Å²) in [5.74, 6) is 1.43. The van der Waals surface area contributed by atoms with Gasteiger partial charge < -0.3 is 10.6 Å². The Balaban J connectivity index is 1.77. The second kappa shape index (κ2) is 6.45. The fourth-order valence-electron chi connectivity index (χ4n) is 1.98. The summed E-state index contributed by atoms with van der Waals surface area (Å²) < 4.78 is 0. The second-order valence-electron chi connectivity index (χ2n) is 4.87. The lowest BCUT2D eigenvalue weighted by atomic mass is 10.2. The maximum absolute atomic E-state index is 6.13. The van der Waals surface area contributed by atoms with Gasteiger partial charge in [-0.25, -0.2) is 9.97 Å². The highest BCUT2D eigenvalue weighted by Gasteiger charge is 2.02. The summed E-state index contributed by atoms with van der Waals surface area (Å²) in [6, 6.07) is 17.5. The van der Waals surface area contributed by atoms with Crippen molar-refractivity contribution in [2.75, 3.05) is 10.6 Å². The van der Waals surface area contributed by atoms with Crippen LogP contribution in [0, 0.1) is 6.92 Å². The largest absolute Gasteiger partial charge is 0.340 e. The van der Waals surface area contributed by atoms with Gasteiger partial charge in [-0.1, -0.05) is 35.9 Å². The number of benzene rings is 2. The van der Waals surface area contributed by atoms with E-state index < -0.39 is 0 Å². The van der Waals surface area contributed by atoms with Crippen LogP contribution in [-0.4, -0.2) is 9.97 Å². The van der Waals surface area contributed by atoms with Crippen molar-refractivity contribution in [1.82, 2.24) is 9.97 Å². The van der Waals surface area contributed by atoms with Gasteiger partial charge in [0.05, 0.1) is 0 Å². The van der Waals surface area contributed by atoms with E-state index in [0.717, 1.165) is 27.8 Å². The molecule has 0 bridgehead atoms. The normalized spacial score (nSPS) is 10.3. The van der Waals surface area contributed by atoms with Crippen LogP contribution >= 0.6 is 11.6 Å². The Kier molecular flexibility index (Phi) is 4.21. The molecule has 0 aliphatic heterocycles. The minimum Gasteiger partial charge on any atom is -0.340 e. The number of anilines is 4. The van der Waals surface area contributed by atoms with Gasteiger partial charge in [0, 0.05) is 22.5 Å². The maximum atomic E-state index is 6.13. The minimum atomic E-state index is 0.702. The number of halogens is 1. The number of rotatable bonds is 4. The summed E-state index contributed by atoms with van der Waals surface area (Å²) in [5.41, 5.74) is 2.91. The van der Waals surface area contributed by atoms with Gasteiger partial charge in [0.2, 0.25) is 0 Å². The number of aromatic nitrogens is 2. The van der Waals surface area contributed by atoms with Gasteiger partial charge >= 0.3 is 0 Å². The molecule has 2 aromatic carbocycles. The van der Waals surface area contributed by atoms with Crippen molar-refractivity contribution in [1.29, 1.82) is 0 Å². The molecule has 1 heterocycles. The average Bonchev–Trinajstić information content (AvgIpc) is 2.52. The lowest BCUT2D eigenvalue weighted by molar-refractivity contribution is 1.17. The molecule has 5 heteroatoms. The van der Waals surface area contributed by atoms with Gasteiger partial charge in [-0.05, 0) is 36.8 Å². The van der Waals surface area contributed by atoms with E-state index >= 15 is 0 Å². The van der Waals surface area contributed by atoms with E-state index in [4.69, 9.17) is 11.6 Å². The Morgan fingerprint density at radius 2 is 1.50 bits per heavy atom. The molecule has 22 heavy (non-hydrogen) atoms. The third-order valence-electron chi connectivity index (χ3n) is 3.16. The van der Waals surface area contributed by atoms with E-state index in [1.165, 1.54) is 6.33 Å². The summed E-state index contributed by atoms with van der Waals surface area (Å²) in [6.45, 7) is 1.97. The zero-order chi connectivity index (χ0) is 15.4. The molecule has 3 rings (SSSR count). The molecule has 0 atom stereocenters. The highest BCUT2D eigenvalue weighted by molar-refractivity contribution is 6.31. The first-order valence-electron chi connectivity index (χ1n) is 6.88. The molecule has 110 valence electrons. The summed E-state index contributed by atoms with van der Waals surface area (Å²) in [6.07, 6.45) is 1.52. The molecule has 0 aliphatic rings. The number of hydrogen-bond donors (Lipinski definition) is 2. The van der Waals surface area contributed by atoms with Crippen molar-refractivity contribution in [2.24, 2.45) is 0 Å². The van der Waals surface area contributed by atoms with E-state index in [0.29, 0.717) is 5.82 Å². The van der Waals surface area contributed by atoms with E-state index in [1.807, 2.05) is 61.5 Å². The monoisotopic (exact) mass is 310 g/mol. The number of para-hydroxylation sites is 1. The fraction of sp³-hybridized carbons (Fsp3) is 0.0588. The van der Waals surface area contributed by atoms with Crippen LogP contribution in [0.15, 0.2) is 60.9 Å². The summed E-state index contributed by atoms with van der Waals surface area (Å²) in [7, 11) is 0. The smallest absolute Gasteiger partial charge is 0.135 e. The Bertz CT molecular complexity index is 775. The molecule has 4 nitrogen and oxygen atoms in total. The average molecular weight is 311 g/mol.